The number of halogens is 1. The first-order valence-electron chi connectivity index (χ1n) is 4.12. The lowest BCUT2D eigenvalue weighted by atomic mass is 10.3. The first-order valence-corrected chi connectivity index (χ1v) is 4.91. The van der Waals surface area contributed by atoms with E-state index in [1.54, 1.807) is 25.1 Å². The minimum absolute atomic E-state index is 0.336. The Bertz CT molecular complexity index is 342. The van der Waals surface area contributed by atoms with Gasteiger partial charge in [0.1, 0.15) is 0 Å². The second-order valence-electron chi connectivity index (χ2n) is 2.58. The maximum absolute atomic E-state index is 11.0. The maximum atomic E-state index is 11.0. The van der Waals surface area contributed by atoms with Gasteiger partial charge >= 0.3 is 6.09 Å². The third-order valence-electron chi connectivity index (χ3n) is 1.53. The van der Waals surface area contributed by atoms with Crippen molar-refractivity contribution in [1.29, 1.82) is 0 Å². The molecule has 1 aromatic carbocycles. The van der Waals surface area contributed by atoms with E-state index in [1.807, 2.05) is 0 Å². The molecule has 0 aliphatic carbocycles. The lowest BCUT2D eigenvalue weighted by Gasteiger charge is -2.07. The summed E-state index contributed by atoms with van der Waals surface area (Å²) in [6.45, 7) is 2.08. The number of hydrogen-bond donors (Lipinski definition) is 2. The first kappa shape index (κ1) is 10.8. The Balaban J connectivity index is 2.72. The zero-order chi connectivity index (χ0) is 10.6. The number of ether oxygens (including phenoxy) is 1. The van der Waals surface area contributed by atoms with Crippen molar-refractivity contribution in [2.45, 2.75) is 6.92 Å². The fraction of sp³-hybridized carbons (Fsp3) is 0.222. The van der Waals surface area contributed by atoms with Gasteiger partial charge in [0, 0.05) is 4.47 Å². The minimum atomic E-state index is -0.499. The average Bonchev–Trinajstić information content (AvgIpc) is 2.10. The maximum Gasteiger partial charge on any atom is 0.411 e. The molecule has 14 heavy (non-hydrogen) atoms. The number of nitrogens with one attached hydrogen (secondary N) is 1. The molecule has 0 heterocycles. The number of amides is 1. The predicted octanol–water partition coefficient (Wildman–Crippen LogP) is 2.60. The van der Waals surface area contributed by atoms with Gasteiger partial charge in [-0.1, -0.05) is 15.9 Å². The molecule has 76 valence electrons. The third-order valence-corrected chi connectivity index (χ3v) is 2.02. The SMILES string of the molecule is CCOC(=O)Nc1ccc(Br)cc1N. The molecule has 0 radical (unpaired) electrons. The molecule has 5 heteroatoms. The number of rotatable bonds is 2. The van der Waals surface area contributed by atoms with E-state index >= 15 is 0 Å². The van der Waals surface area contributed by atoms with Crippen molar-refractivity contribution in [2.24, 2.45) is 0 Å². The lowest BCUT2D eigenvalue weighted by Crippen LogP contribution is -2.14. The summed E-state index contributed by atoms with van der Waals surface area (Å²) in [4.78, 5) is 11.0. The molecule has 4 nitrogen and oxygen atoms in total. The Morgan fingerprint density at radius 2 is 2.36 bits per heavy atom. The molecule has 0 saturated carbocycles. The molecule has 3 N–H and O–H groups in total. The topological polar surface area (TPSA) is 64.3 Å². The van der Waals surface area contributed by atoms with Gasteiger partial charge in [0.15, 0.2) is 0 Å². The number of nitrogens with two attached hydrogens (primary N) is 1. The number of anilines is 2. The van der Waals surface area contributed by atoms with Gasteiger partial charge in [-0.05, 0) is 25.1 Å². The summed E-state index contributed by atoms with van der Waals surface area (Å²) in [5, 5.41) is 2.53. The largest absolute Gasteiger partial charge is 0.450 e. The highest BCUT2D eigenvalue weighted by molar-refractivity contribution is 9.10. The summed E-state index contributed by atoms with van der Waals surface area (Å²) in [5.41, 5.74) is 6.71. The molecule has 1 amide bonds. The Labute approximate surface area is 90.6 Å². The van der Waals surface area contributed by atoms with Crippen LogP contribution in [0.3, 0.4) is 0 Å². The second-order valence-corrected chi connectivity index (χ2v) is 3.49. The van der Waals surface area contributed by atoms with Crippen LogP contribution >= 0.6 is 15.9 Å². The Morgan fingerprint density at radius 1 is 1.64 bits per heavy atom. The molecule has 0 fully saturated rings. The van der Waals surface area contributed by atoms with Crippen LogP contribution < -0.4 is 11.1 Å². The van der Waals surface area contributed by atoms with E-state index in [0.717, 1.165) is 4.47 Å². The second kappa shape index (κ2) is 4.85. The van der Waals surface area contributed by atoms with Crippen molar-refractivity contribution in [2.75, 3.05) is 17.7 Å². The lowest BCUT2D eigenvalue weighted by molar-refractivity contribution is 0.168. The van der Waals surface area contributed by atoms with Crippen molar-refractivity contribution < 1.29 is 9.53 Å². The molecule has 0 spiro atoms. The van der Waals surface area contributed by atoms with Gasteiger partial charge in [0.25, 0.3) is 0 Å². The standard InChI is InChI=1S/C9H11BrN2O2/c1-2-14-9(13)12-8-4-3-6(10)5-7(8)11/h3-5H,2,11H2,1H3,(H,12,13). The van der Waals surface area contributed by atoms with E-state index in [4.69, 9.17) is 10.5 Å². The van der Waals surface area contributed by atoms with Crippen molar-refractivity contribution in [3.8, 4) is 0 Å². The molecule has 1 rings (SSSR count). The molecular formula is C9H11BrN2O2. The molecule has 0 saturated heterocycles. The van der Waals surface area contributed by atoms with Crippen LogP contribution in [0.1, 0.15) is 6.92 Å². The molecule has 0 aromatic heterocycles. The van der Waals surface area contributed by atoms with Crippen LogP contribution in [0.2, 0.25) is 0 Å². The number of benzene rings is 1. The fourth-order valence-electron chi connectivity index (χ4n) is 0.925. The zero-order valence-corrected chi connectivity index (χ0v) is 9.30. The van der Waals surface area contributed by atoms with E-state index in [2.05, 4.69) is 21.2 Å². The predicted molar refractivity (Wildman–Crippen MR) is 59.2 cm³/mol. The van der Waals surface area contributed by atoms with Crippen LogP contribution in [-0.2, 0) is 4.74 Å². The van der Waals surface area contributed by atoms with Crippen LogP contribution in [0.5, 0.6) is 0 Å². The molecule has 0 atom stereocenters. The summed E-state index contributed by atoms with van der Waals surface area (Å²) in [5.74, 6) is 0. The van der Waals surface area contributed by atoms with Gasteiger partial charge < -0.3 is 10.5 Å². The van der Waals surface area contributed by atoms with Crippen molar-refractivity contribution in [3.63, 3.8) is 0 Å². The minimum Gasteiger partial charge on any atom is -0.450 e. The average molecular weight is 259 g/mol. The molecule has 0 unspecified atom stereocenters. The summed E-state index contributed by atoms with van der Waals surface area (Å²) in [6, 6.07) is 5.20. The van der Waals surface area contributed by atoms with Crippen LogP contribution in [0, 0.1) is 0 Å². The van der Waals surface area contributed by atoms with Crippen LogP contribution in [0.25, 0.3) is 0 Å². The van der Waals surface area contributed by atoms with Crippen molar-refractivity contribution in [3.05, 3.63) is 22.7 Å². The summed E-state index contributed by atoms with van der Waals surface area (Å²) in [6.07, 6.45) is -0.499. The van der Waals surface area contributed by atoms with Crippen LogP contribution in [0.15, 0.2) is 22.7 Å². The van der Waals surface area contributed by atoms with Crippen LogP contribution in [-0.4, -0.2) is 12.7 Å². The number of hydrogen-bond acceptors (Lipinski definition) is 3. The number of carbonyl (C=O) groups excluding carboxylic acids is 1. The van der Waals surface area contributed by atoms with Gasteiger partial charge in [-0.15, -0.1) is 0 Å². The summed E-state index contributed by atoms with van der Waals surface area (Å²) < 4.78 is 5.58. The van der Waals surface area contributed by atoms with Crippen molar-refractivity contribution >= 4 is 33.4 Å². The van der Waals surface area contributed by atoms with E-state index in [9.17, 15) is 4.79 Å². The third kappa shape index (κ3) is 2.92. The summed E-state index contributed by atoms with van der Waals surface area (Å²) in [7, 11) is 0. The zero-order valence-electron chi connectivity index (χ0n) is 7.71. The van der Waals surface area contributed by atoms with E-state index < -0.39 is 6.09 Å². The van der Waals surface area contributed by atoms with Crippen molar-refractivity contribution in [1.82, 2.24) is 0 Å². The highest BCUT2D eigenvalue weighted by atomic mass is 79.9. The molecular weight excluding hydrogens is 248 g/mol. The molecule has 1 aromatic rings. The highest BCUT2D eigenvalue weighted by Gasteiger charge is 2.04. The van der Waals surface area contributed by atoms with Gasteiger partial charge in [0.2, 0.25) is 0 Å². The first-order chi connectivity index (χ1) is 6.63. The fourth-order valence-corrected chi connectivity index (χ4v) is 1.30. The quantitative estimate of drug-likeness (QED) is 0.802. The summed E-state index contributed by atoms with van der Waals surface area (Å²) >= 11 is 3.27. The van der Waals surface area contributed by atoms with Gasteiger partial charge in [-0.2, -0.15) is 0 Å². The van der Waals surface area contributed by atoms with E-state index in [-0.39, 0.29) is 0 Å². The van der Waals surface area contributed by atoms with Gasteiger partial charge in [0.05, 0.1) is 18.0 Å². The number of nitrogen functional groups attached to an aromatic ring is 1. The molecule has 0 bridgehead atoms. The highest BCUT2D eigenvalue weighted by Crippen LogP contribution is 2.22. The van der Waals surface area contributed by atoms with Gasteiger partial charge in [-0.3, -0.25) is 5.32 Å². The van der Waals surface area contributed by atoms with Crippen LogP contribution in [0.4, 0.5) is 16.2 Å². The van der Waals surface area contributed by atoms with Gasteiger partial charge in [-0.25, -0.2) is 4.79 Å². The molecule has 0 aliphatic heterocycles. The Morgan fingerprint density at radius 3 is 2.93 bits per heavy atom. The van der Waals surface area contributed by atoms with E-state index in [0.29, 0.717) is 18.0 Å². The number of carbonyl (C=O) groups is 1. The molecule has 0 aliphatic rings. The van der Waals surface area contributed by atoms with E-state index in [1.165, 1.54) is 0 Å². The monoisotopic (exact) mass is 258 g/mol. The Hall–Kier alpha value is -1.23. The normalized spacial score (nSPS) is 9.57. The Kier molecular flexibility index (Phi) is 3.76. The smallest absolute Gasteiger partial charge is 0.411 e.